The number of benzene rings is 2. The molecule has 0 aromatic heterocycles. The van der Waals surface area contributed by atoms with E-state index >= 15 is 0 Å². The van der Waals surface area contributed by atoms with E-state index in [4.69, 9.17) is 23.2 Å². The predicted octanol–water partition coefficient (Wildman–Crippen LogP) is 2.83. The number of amides is 3. The molecule has 3 N–H and O–H groups in total. The summed E-state index contributed by atoms with van der Waals surface area (Å²) in [4.78, 5) is 35.1. The van der Waals surface area contributed by atoms with Gasteiger partial charge in [-0.2, -0.15) is 0 Å². The zero-order valence-electron chi connectivity index (χ0n) is 12.6. The highest BCUT2D eigenvalue weighted by Gasteiger charge is 2.15. The van der Waals surface area contributed by atoms with Crippen molar-refractivity contribution < 1.29 is 18.8 Å². The highest BCUT2D eigenvalue weighted by atomic mass is 35.5. The van der Waals surface area contributed by atoms with E-state index in [1.54, 1.807) is 12.1 Å². The molecule has 9 heteroatoms. The van der Waals surface area contributed by atoms with Crippen LogP contribution in [0.5, 0.6) is 0 Å². The van der Waals surface area contributed by atoms with E-state index in [0.717, 1.165) is 12.1 Å². The number of hydrogen-bond donors (Lipinski definition) is 3. The second kappa shape index (κ2) is 8.46. The molecule has 0 saturated heterocycles. The average Bonchev–Trinajstić information content (AvgIpc) is 2.59. The molecule has 0 saturated carbocycles. The van der Waals surface area contributed by atoms with Gasteiger partial charge in [-0.1, -0.05) is 29.3 Å². The van der Waals surface area contributed by atoms with Gasteiger partial charge in [0.05, 0.1) is 22.3 Å². The Balaban J connectivity index is 1.84. The van der Waals surface area contributed by atoms with Crippen LogP contribution >= 0.6 is 23.2 Å². The lowest BCUT2D eigenvalue weighted by atomic mass is 10.3. The number of carbonyl (C=O) groups excluding carboxylic acids is 3. The average molecular weight is 384 g/mol. The van der Waals surface area contributed by atoms with Crippen molar-refractivity contribution in [3.8, 4) is 0 Å². The van der Waals surface area contributed by atoms with Crippen LogP contribution in [0.4, 0.5) is 15.8 Å². The summed E-state index contributed by atoms with van der Waals surface area (Å²) in [5.41, 5.74) is 0.529. The monoisotopic (exact) mass is 383 g/mol. The Hall–Kier alpha value is -2.64. The Morgan fingerprint density at radius 3 is 2.28 bits per heavy atom. The van der Waals surface area contributed by atoms with Crippen LogP contribution in [-0.4, -0.2) is 24.3 Å². The maximum atomic E-state index is 12.8. The van der Waals surface area contributed by atoms with Gasteiger partial charge in [0.1, 0.15) is 5.82 Å². The summed E-state index contributed by atoms with van der Waals surface area (Å²) in [6.07, 6.45) is 0. The fourth-order valence-electron chi connectivity index (χ4n) is 1.76. The molecule has 0 aliphatic carbocycles. The van der Waals surface area contributed by atoms with E-state index < -0.39 is 30.1 Å². The molecule has 2 aromatic rings. The van der Waals surface area contributed by atoms with Crippen molar-refractivity contribution in [3.63, 3.8) is 0 Å². The summed E-state index contributed by atoms with van der Waals surface area (Å²) in [6.45, 7) is -0.446. The molecular weight excluding hydrogens is 372 g/mol. The number of rotatable bonds is 4. The summed E-state index contributed by atoms with van der Waals surface area (Å²) >= 11 is 11.8. The number of hydrogen-bond acceptors (Lipinski definition) is 3. The maximum Gasteiger partial charge on any atom is 0.313 e. The van der Waals surface area contributed by atoms with Crippen LogP contribution in [0, 0.1) is 5.82 Å². The zero-order valence-corrected chi connectivity index (χ0v) is 14.1. The van der Waals surface area contributed by atoms with Gasteiger partial charge >= 0.3 is 11.8 Å². The van der Waals surface area contributed by atoms with Crippen molar-refractivity contribution in [1.29, 1.82) is 0 Å². The Morgan fingerprint density at radius 1 is 0.920 bits per heavy atom. The molecule has 130 valence electrons. The molecule has 0 aliphatic heterocycles. The number of halogens is 3. The van der Waals surface area contributed by atoms with Gasteiger partial charge in [0.2, 0.25) is 5.91 Å². The van der Waals surface area contributed by atoms with E-state index in [1.165, 1.54) is 18.2 Å². The van der Waals surface area contributed by atoms with Crippen LogP contribution in [0.25, 0.3) is 0 Å². The second-order valence-electron chi connectivity index (χ2n) is 4.79. The molecule has 3 amide bonds. The fraction of sp³-hybridized carbons (Fsp3) is 0.0625. The SMILES string of the molecule is O=C(CNC(=O)C(=O)Nc1ccc(F)cc1)Nc1cccc(Cl)c1Cl. The minimum atomic E-state index is -1.02. The fourth-order valence-corrected chi connectivity index (χ4v) is 2.10. The van der Waals surface area contributed by atoms with Crippen LogP contribution in [0.3, 0.4) is 0 Å². The molecule has 0 spiro atoms. The third-order valence-electron chi connectivity index (χ3n) is 2.94. The van der Waals surface area contributed by atoms with Crippen molar-refractivity contribution in [3.05, 3.63) is 58.3 Å². The Kier molecular flexibility index (Phi) is 6.32. The Bertz CT molecular complexity index is 813. The minimum absolute atomic E-state index is 0.165. The quantitative estimate of drug-likeness (QED) is 0.709. The van der Waals surface area contributed by atoms with E-state index in [9.17, 15) is 18.8 Å². The molecule has 0 fully saturated rings. The van der Waals surface area contributed by atoms with Crippen molar-refractivity contribution in [2.75, 3.05) is 17.2 Å². The topological polar surface area (TPSA) is 87.3 Å². The summed E-state index contributed by atoms with van der Waals surface area (Å²) in [6, 6.07) is 9.56. The molecule has 2 rings (SSSR count). The first-order chi connectivity index (χ1) is 11.9. The normalized spacial score (nSPS) is 10.0. The lowest BCUT2D eigenvalue weighted by Crippen LogP contribution is -2.39. The van der Waals surface area contributed by atoms with Crippen LogP contribution in [0.2, 0.25) is 10.0 Å². The largest absolute Gasteiger partial charge is 0.339 e. The highest BCUT2D eigenvalue weighted by Crippen LogP contribution is 2.29. The lowest BCUT2D eigenvalue weighted by Gasteiger charge is -2.09. The molecule has 25 heavy (non-hydrogen) atoms. The summed E-state index contributed by atoms with van der Waals surface area (Å²) < 4.78 is 12.8. The maximum absolute atomic E-state index is 12.8. The second-order valence-corrected chi connectivity index (χ2v) is 5.58. The highest BCUT2D eigenvalue weighted by molar-refractivity contribution is 6.44. The Morgan fingerprint density at radius 2 is 1.60 bits per heavy atom. The third-order valence-corrected chi connectivity index (χ3v) is 3.76. The number of nitrogens with one attached hydrogen (secondary N) is 3. The van der Waals surface area contributed by atoms with Crippen LogP contribution in [-0.2, 0) is 14.4 Å². The smallest absolute Gasteiger partial charge is 0.313 e. The predicted molar refractivity (Wildman–Crippen MR) is 93.1 cm³/mol. The third kappa shape index (κ3) is 5.44. The van der Waals surface area contributed by atoms with E-state index in [2.05, 4.69) is 16.0 Å². The van der Waals surface area contributed by atoms with Gasteiger partial charge in [0.15, 0.2) is 0 Å². The van der Waals surface area contributed by atoms with Gasteiger partial charge in [0.25, 0.3) is 0 Å². The van der Waals surface area contributed by atoms with Gasteiger partial charge in [-0.05, 0) is 36.4 Å². The van der Waals surface area contributed by atoms with Crippen molar-refractivity contribution in [1.82, 2.24) is 5.32 Å². The van der Waals surface area contributed by atoms with Crippen molar-refractivity contribution in [2.24, 2.45) is 0 Å². The molecule has 2 aromatic carbocycles. The minimum Gasteiger partial charge on any atom is -0.339 e. The molecule has 6 nitrogen and oxygen atoms in total. The van der Waals surface area contributed by atoms with Gasteiger partial charge in [-0.3, -0.25) is 14.4 Å². The first-order valence-corrected chi connectivity index (χ1v) is 7.71. The first-order valence-electron chi connectivity index (χ1n) is 6.95. The van der Waals surface area contributed by atoms with Crippen molar-refractivity contribution >= 4 is 52.3 Å². The molecule has 0 unspecified atom stereocenters. The van der Waals surface area contributed by atoms with Gasteiger partial charge < -0.3 is 16.0 Å². The zero-order chi connectivity index (χ0) is 18.4. The molecule has 0 radical (unpaired) electrons. The standard InChI is InChI=1S/C16H12Cl2FN3O3/c17-11-2-1-3-12(14(11)18)22-13(23)8-20-15(24)16(25)21-10-6-4-9(19)5-7-10/h1-7H,8H2,(H,20,24)(H,21,25)(H,22,23). The molecule has 0 bridgehead atoms. The van der Waals surface area contributed by atoms with Gasteiger partial charge in [-0.25, -0.2) is 4.39 Å². The van der Waals surface area contributed by atoms with E-state index in [0.29, 0.717) is 0 Å². The summed E-state index contributed by atoms with van der Waals surface area (Å²) in [5.74, 6) is -3.07. The molecule has 0 atom stereocenters. The van der Waals surface area contributed by atoms with Crippen LogP contribution in [0.1, 0.15) is 0 Å². The van der Waals surface area contributed by atoms with E-state index in [-0.39, 0.29) is 21.4 Å². The molecule has 0 heterocycles. The van der Waals surface area contributed by atoms with Gasteiger partial charge in [-0.15, -0.1) is 0 Å². The Labute approximate surface area is 152 Å². The van der Waals surface area contributed by atoms with Crippen LogP contribution in [0.15, 0.2) is 42.5 Å². The molecule has 0 aliphatic rings. The summed E-state index contributed by atoms with van der Waals surface area (Å²) in [7, 11) is 0. The number of anilines is 2. The summed E-state index contributed by atoms with van der Waals surface area (Å²) in [5, 5.41) is 7.31. The van der Waals surface area contributed by atoms with Gasteiger partial charge in [0, 0.05) is 5.69 Å². The molecular formula is C16H12Cl2FN3O3. The first kappa shape index (κ1) is 18.7. The van der Waals surface area contributed by atoms with Crippen LogP contribution < -0.4 is 16.0 Å². The lowest BCUT2D eigenvalue weighted by molar-refractivity contribution is -0.136. The van der Waals surface area contributed by atoms with E-state index in [1.807, 2.05) is 0 Å². The van der Waals surface area contributed by atoms with Crippen molar-refractivity contribution in [2.45, 2.75) is 0 Å². The number of carbonyl (C=O) groups is 3.